The number of fused-ring (bicyclic) bond motifs is 1. The van der Waals surface area contributed by atoms with Gasteiger partial charge in [-0.2, -0.15) is 0 Å². The molecule has 33 heavy (non-hydrogen) atoms. The van der Waals surface area contributed by atoms with Crippen molar-refractivity contribution in [3.8, 4) is 17.2 Å². The summed E-state index contributed by atoms with van der Waals surface area (Å²) in [5.41, 5.74) is 1.92. The number of amides is 2. The topological polar surface area (TPSA) is 77.1 Å². The highest BCUT2D eigenvalue weighted by Gasteiger charge is 2.28. The molecule has 2 amide bonds. The molecule has 1 N–H and O–H groups in total. The predicted octanol–water partition coefficient (Wildman–Crippen LogP) is 3.83. The van der Waals surface area contributed by atoms with Crippen molar-refractivity contribution < 1.29 is 23.8 Å². The summed E-state index contributed by atoms with van der Waals surface area (Å²) in [6, 6.07) is 13.0. The van der Waals surface area contributed by atoms with Crippen LogP contribution >= 0.6 is 0 Å². The number of nitrogens with zero attached hydrogens (tertiary/aromatic N) is 1. The van der Waals surface area contributed by atoms with Crippen LogP contribution in [0.2, 0.25) is 0 Å². The van der Waals surface area contributed by atoms with Crippen molar-refractivity contribution in [2.24, 2.45) is 0 Å². The Labute approximate surface area is 195 Å². The Morgan fingerprint density at radius 2 is 1.88 bits per heavy atom. The first-order valence-electron chi connectivity index (χ1n) is 11.6. The maximum absolute atomic E-state index is 13.4. The average Bonchev–Trinajstić information content (AvgIpc) is 3.52. The number of carbonyl (C=O) groups is 2. The molecular weight excluding hydrogens is 420 g/mol. The van der Waals surface area contributed by atoms with Gasteiger partial charge in [-0.05, 0) is 61.6 Å². The lowest BCUT2D eigenvalue weighted by molar-refractivity contribution is -0.140. The van der Waals surface area contributed by atoms with E-state index in [2.05, 4.69) is 5.32 Å². The second-order valence-corrected chi connectivity index (χ2v) is 8.73. The summed E-state index contributed by atoms with van der Waals surface area (Å²) in [7, 11) is 1.62. The van der Waals surface area contributed by atoms with Crippen molar-refractivity contribution in [2.45, 2.75) is 64.1 Å². The van der Waals surface area contributed by atoms with E-state index in [0.29, 0.717) is 25.1 Å². The van der Waals surface area contributed by atoms with Gasteiger partial charge in [0, 0.05) is 19.0 Å². The van der Waals surface area contributed by atoms with Gasteiger partial charge in [0.05, 0.1) is 7.11 Å². The molecule has 1 aliphatic carbocycles. The summed E-state index contributed by atoms with van der Waals surface area (Å²) in [4.78, 5) is 28.0. The number of benzene rings is 2. The van der Waals surface area contributed by atoms with Crippen molar-refractivity contribution in [1.29, 1.82) is 0 Å². The van der Waals surface area contributed by atoms with Gasteiger partial charge in [-0.25, -0.2) is 0 Å². The maximum atomic E-state index is 13.4. The van der Waals surface area contributed by atoms with Gasteiger partial charge in [0.25, 0.3) is 0 Å². The minimum atomic E-state index is -0.568. The first kappa shape index (κ1) is 23.0. The van der Waals surface area contributed by atoms with Crippen molar-refractivity contribution in [1.82, 2.24) is 10.2 Å². The number of hydrogen-bond acceptors (Lipinski definition) is 5. The molecule has 2 aromatic carbocycles. The molecular formula is C26H32N2O5. The highest BCUT2D eigenvalue weighted by atomic mass is 16.7. The lowest BCUT2D eigenvalue weighted by atomic mass is 10.1. The smallest absolute Gasteiger partial charge is 0.242 e. The van der Waals surface area contributed by atoms with E-state index in [4.69, 9.17) is 14.2 Å². The van der Waals surface area contributed by atoms with Crippen LogP contribution < -0.4 is 19.5 Å². The van der Waals surface area contributed by atoms with E-state index in [0.717, 1.165) is 48.3 Å². The van der Waals surface area contributed by atoms with Crippen LogP contribution in [-0.4, -0.2) is 42.7 Å². The molecule has 0 bridgehead atoms. The maximum Gasteiger partial charge on any atom is 0.242 e. The lowest BCUT2D eigenvalue weighted by Crippen LogP contribution is -2.49. The minimum absolute atomic E-state index is 0.0652. The van der Waals surface area contributed by atoms with E-state index in [1.54, 1.807) is 12.0 Å². The Kier molecular flexibility index (Phi) is 7.37. The summed E-state index contributed by atoms with van der Waals surface area (Å²) in [5.74, 6) is 1.99. The third-order valence-electron chi connectivity index (χ3n) is 6.42. The van der Waals surface area contributed by atoms with Crippen LogP contribution in [0.3, 0.4) is 0 Å². The fraction of sp³-hybridized carbons (Fsp3) is 0.462. The number of carbonyl (C=O) groups excluding carboxylic acids is 2. The van der Waals surface area contributed by atoms with Crippen LogP contribution in [0.1, 0.15) is 50.2 Å². The van der Waals surface area contributed by atoms with E-state index < -0.39 is 6.04 Å². The summed E-state index contributed by atoms with van der Waals surface area (Å²) in [6.07, 6.45) is 5.15. The Hall–Kier alpha value is -3.22. The standard InChI is InChI=1S/C26H32N2O5/c1-18(26(30)27-21-7-3-4-8-21)28(16-20-6-5-9-22(14-20)31-2)25(29)13-11-19-10-12-23-24(15-19)33-17-32-23/h5-6,9-10,12,14-15,18,21H,3-4,7-8,11,13,16-17H2,1-2H3,(H,27,30)/t18-/m0/s1. The molecule has 1 saturated carbocycles. The van der Waals surface area contributed by atoms with Crippen LogP contribution in [0.5, 0.6) is 17.2 Å². The Morgan fingerprint density at radius 3 is 2.67 bits per heavy atom. The highest BCUT2D eigenvalue weighted by Crippen LogP contribution is 2.33. The molecule has 0 radical (unpaired) electrons. The molecule has 7 heteroatoms. The molecule has 1 aliphatic heterocycles. The second kappa shape index (κ2) is 10.6. The zero-order chi connectivity index (χ0) is 23.2. The Morgan fingerprint density at radius 1 is 1.09 bits per heavy atom. The van der Waals surface area contributed by atoms with Crippen LogP contribution in [-0.2, 0) is 22.6 Å². The molecule has 1 heterocycles. The van der Waals surface area contributed by atoms with Gasteiger partial charge in [0.15, 0.2) is 11.5 Å². The first-order valence-corrected chi connectivity index (χ1v) is 11.6. The number of rotatable bonds is 9. The Bertz CT molecular complexity index is 986. The molecule has 0 saturated heterocycles. The lowest BCUT2D eigenvalue weighted by Gasteiger charge is -2.30. The molecule has 2 aliphatic rings. The van der Waals surface area contributed by atoms with Crippen molar-refractivity contribution in [2.75, 3.05) is 13.9 Å². The number of ether oxygens (including phenoxy) is 3. The van der Waals surface area contributed by atoms with Gasteiger partial charge in [-0.15, -0.1) is 0 Å². The number of nitrogens with one attached hydrogen (secondary N) is 1. The first-order chi connectivity index (χ1) is 16.0. The normalized spacial score (nSPS) is 15.8. The zero-order valence-electron chi connectivity index (χ0n) is 19.3. The third kappa shape index (κ3) is 5.78. The molecule has 0 spiro atoms. The zero-order valence-corrected chi connectivity index (χ0v) is 19.3. The van der Waals surface area contributed by atoms with Crippen molar-refractivity contribution in [3.05, 3.63) is 53.6 Å². The largest absolute Gasteiger partial charge is 0.497 e. The predicted molar refractivity (Wildman–Crippen MR) is 124 cm³/mol. The van der Waals surface area contributed by atoms with E-state index in [1.807, 2.05) is 49.4 Å². The minimum Gasteiger partial charge on any atom is -0.497 e. The van der Waals surface area contributed by atoms with Crippen molar-refractivity contribution >= 4 is 11.8 Å². The molecule has 7 nitrogen and oxygen atoms in total. The molecule has 0 unspecified atom stereocenters. The van der Waals surface area contributed by atoms with Gasteiger partial charge in [-0.1, -0.05) is 31.0 Å². The second-order valence-electron chi connectivity index (χ2n) is 8.73. The van der Waals surface area contributed by atoms with Crippen LogP contribution in [0.25, 0.3) is 0 Å². The quantitative estimate of drug-likeness (QED) is 0.626. The van der Waals surface area contributed by atoms with Crippen molar-refractivity contribution in [3.63, 3.8) is 0 Å². The molecule has 2 aromatic rings. The van der Waals surface area contributed by atoms with E-state index in [1.165, 1.54) is 0 Å². The van der Waals surface area contributed by atoms with Gasteiger partial charge in [0.1, 0.15) is 11.8 Å². The molecule has 176 valence electrons. The fourth-order valence-electron chi connectivity index (χ4n) is 4.43. The summed E-state index contributed by atoms with van der Waals surface area (Å²) < 4.78 is 16.1. The van der Waals surface area contributed by atoms with E-state index in [9.17, 15) is 9.59 Å². The van der Waals surface area contributed by atoms with Gasteiger partial charge in [0.2, 0.25) is 18.6 Å². The summed E-state index contributed by atoms with van der Waals surface area (Å²) in [5, 5.41) is 3.14. The third-order valence-corrected chi connectivity index (χ3v) is 6.42. The SMILES string of the molecule is COc1cccc(CN(C(=O)CCc2ccc3c(c2)OCO3)[C@@H](C)C(=O)NC2CCCC2)c1. The van der Waals surface area contributed by atoms with Crippen LogP contribution in [0.15, 0.2) is 42.5 Å². The monoisotopic (exact) mass is 452 g/mol. The van der Waals surface area contributed by atoms with Crippen LogP contribution in [0.4, 0.5) is 0 Å². The number of hydrogen-bond donors (Lipinski definition) is 1. The van der Waals surface area contributed by atoms with E-state index >= 15 is 0 Å². The van der Waals surface area contributed by atoms with Gasteiger partial charge < -0.3 is 24.4 Å². The van der Waals surface area contributed by atoms with E-state index in [-0.39, 0.29) is 24.6 Å². The van der Waals surface area contributed by atoms with Gasteiger partial charge >= 0.3 is 0 Å². The average molecular weight is 453 g/mol. The number of aryl methyl sites for hydroxylation is 1. The molecule has 0 aromatic heterocycles. The highest BCUT2D eigenvalue weighted by molar-refractivity contribution is 5.87. The van der Waals surface area contributed by atoms with Crippen LogP contribution in [0, 0.1) is 0 Å². The molecule has 1 atom stereocenters. The summed E-state index contributed by atoms with van der Waals surface area (Å²) in [6.45, 7) is 2.37. The summed E-state index contributed by atoms with van der Waals surface area (Å²) >= 11 is 0. The fourth-order valence-corrected chi connectivity index (χ4v) is 4.43. The Balaban J connectivity index is 1.46. The molecule has 4 rings (SSSR count). The molecule has 1 fully saturated rings. The van der Waals surface area contributed by atoms with Gasteiger partial charge in [-0.3, -0.25) is 9.59 Å². The number of methoxy groups -OCH3 is 1.